The van der Waals surface area contributed by atoms with Crippen molar-refractivity contribution in [3.05, 3.63) is 42.0 Å². The standard InChI is InChI=1S/C13H18N2O/c1-3-7-15-8-6-13(16)11-5-4-10(2)12(14)9-11/h3-5,9,15H,1,6-8,14H2,2H3. The number of aryl methyl sites for hydroxylation is 1. The van der Waals surface area contributed by atoms with Crippen LogP contribution in [0.15, 0.2) is 30.9 Å². The number of nitrogens with one attached hydrogen (secondary N) is 1. The predicted octanol–water partition coefficient (Wildman–Crippen LogP) is 1.93. The Bertz CT molecular complexity index is 386. The van der Waals surface area contributed by atoms with Gasteiger partial charge in [-0.3, -0.25) is 4.79 Å². The van der Waals surface area contributed by atoms with Crippen LogP contribution in [0.1, 0.15) is 22.3 Å². The lowest BCUT2D eigenvalue weighted by Crippen LogP contribution is -2.18. The molecule has 0 aliphatic carbocycles. The summed E-state index contributed by atoms with van der Waals surface area (Å²) in [6.45, 7) is 6.91. The van der Waals surface area contributed by atoms with E-state index in [1.54, 1.807) is 12.1 Å². The first-order valence-corrected chi connectivity index (χ1v) is 5.36. The van der Waals surface area contributed by atoms with E-state index in [2.05, 4.69) is 11.9 Å². The van der Waals surface area contributed by atoms with E-state index >= 15 is 0 Å². The molecule has 86 valence electrons. The van der Waals surface area contributed by atoms with Gasteiger partial charge in [-0.25, -0.2) is 0 Å². The van der Waals surface area contributed by atoms with Crippen molar-refractivity contribution in [2.75, 3.05) is 18.8 Å². The molecule has 0 aromatic heterocycles. The molecule has 1 rings (SSSR count). The topological polar surface area (TPSA) is 55.1 Å². The molecular formula is C13H18N2O. The van der Waals surface area contributed by atoms with Gasteiger partial charge < -0.3 is 11.1 Å². The zero-order chi connectivity index (χ0) is 12.0. The molecule has 16 heavy (non-hydrogen) atoms. The first-order chi connectivity index (χ1) is 7.65. The molecule has 1 aromatic rings. The van der Waals surface area contributed by atoms with Crippen molar-refractivity contribution >= 4 is 11.5 Å². The van der Waals surface area contributed by atoms with Crippen LogP contribution in [0.2, 0.25) is 0 Å². The molecule has 0 aliphatic heterocycles. The Balaban J connectivity index is 2.52. The van der Waals surface area contributed by atoms with Crippen molar-refractivity contribution in [3.8, 4) is 0 Å². The number of hydrogen-bond acceptors (Lipinski definition) is 3. The van der Waals surface area contributed by atoms with Crippen LogP contribution in [0.4, 0.5) is 5.69 Å². The second kappa shape index (κ2) is 6.08. The number of rotatable bonds is 6. The minimum Gasteiger partial charge on any atom is -0.398 e. The van der Waals surface area contributed by atoms with Crippen molar-refractivity contribution in [1.82, 2.24) is 5.32 Å². The minimum atomic E-state index is 0.114. The zero-order valence-corrected chi connectivity index (χ0v) is 9.62. The quantitative estimate of drug-likeness (QED) is 0.332. The van der Waals surface area contributed by atoms with E-state index in [1.165, 1.54) is 0 Å². The van der Waals surface area contributed by atoms with Gasteiger partial charge in [-0.15, -0.1) is 6.58 Å². The Morgan fingerprint density at radius 2 is 2.31 bits per heavy atom. The van der Waals surface area contributed by atoms with Crippen LogP contribution in [0, 0.1) is 6.92 Å². The van der Waals surface area contributed by atoms with Gasteiger partial charge >= 0.3 is 0 Å². The normalized spacial score (nSPS) is 10.1. The Morgan fingerprint density at radius 1 is 1.56 bits per heavy atom. The fraction of sp³-hybridized carbons (Fsp3) is 0.308. The third kappa shape index (κ3) is 3.51. The third-order valence-electron chi connectivity index (χ3n) is 2.42. The summed E-state index contributed by atoms with van der Waals surface area (Å²) < 4.78 is 0. The van der Waals surface area contributed by atoms with Crippen molar-refractivity contribution in [2.45, 2.75) is 13.3 Å². The number of nitrogen functional groups attached to an aromatic ring is 1. The zero-order valence-electron chi connectivity index (χ0n) is 9.62. The highest BCUT2D eigenvalue weighted by atomic mass is 16.1. The molecule has 0 saturated heterocycles. The first kappa shape index (κ1) is 12.5. The molecule has 0 spiro atoms. The molecule has 0 atom stereocenters. The lowest BCUT2D eigenvalue weighted by atomic mass is 10.0. The average Bonchev–Trinajstić information content (AvgIpc) is 2.28. The average molecular weight is 218 g/mol. The fourth-order valence-electron chi connectivity index (χ4n) is 1.36. The summed E-state index contributed by atoms with van der Waals surface area (Å²) in [6, 6.07) is 5.44. The van der Waals surface area contributed by atoms with E-state index in [1.807, 2.05) is 19.1 Å². The van der Waals surface area contributed by atoms with Crippen molar-refractivity contribution in [2.24, 2.45) is 0 Å². The fourth-order valence-corrected chi connectivity index (χ4v) is 1.36. The number of carbonyl (C=O) groups is 1. The molecule has 0 saturated carbocycles. The largest absolute Gasteiger partial charge is 0.398 e. The number of nitrogens with two attached hydrogens (primary N) is 1. The maximum atomic E-state index is 11.7. The van der Waals surface area contributed by atoms with Crippen molar-refractivity contribution in [1.29, 1.82) is 0 Å². The summed E-state index contributed by atoms with van der Waals surface area (Å²) in [4.78, 5) is 11.7. The van der Waals surface area contributed by atoms with Crippen LogP contribution in [0.25, 0.3) is 0 Å². The number of benzene rings is 1. The van der Waals surface area contributed by atoms with Crippen LogP contribution in [0.3, 0.4) is 0 Å². The molecule has 3 heteroatoms. The summed E-state index contributed by atoms with van der Waals surface area (Å²) in [5, 5.41) is 3.09. The van der Waals surface area contributed by atoms with E-state index < -0.39 is 0 Å². The predicted molar refractivity (Wildman–Crippen MR) is 67.6 cm³/mol. The molecule has 0 radical (unpaired) electrons. The Hall–Kier alpha value is -1.61. The van der Waals surface area contributed by atoms with Crippen molar-refractivity contribution < 1.29 is 4.79 Å². The summed E-state index contributed by atoms with van der Waals surface area (Å²) in [7, 11) is 0. The minimum absolute atomic E-state index is 0.114. The third-order valence-corrected chi connectivity index (χ3v) is 2.42. The molecule has 1 aromatic carbocycles. The Morgan fingerprint density at radius 3 is 2.94 bits per heavy atom. The van der Waals surface area contributed by atoms with Crippen molar-refractivity contribution in [3.63, 3.8) is 0 Å². The molecule has 0 amide bonds. The second-order valence-corrected chi connectivity index (χ2v) is 3.74. The number of hydrogen-bond donors (Lipinski definition) is 2. The van der Waals surface area contributed by atoms with Gasteiger partial charge in [-0.05, 0) is 18.6 Å². The van der Waals surface area contributed by atoms with Crippen LogP contribution in [0.5, 0.6) is 0 Å². The SMILES string of the molecule is C=CCNCCC(=O)c1ccc(C)c(N)c1. The number of Topliss-reactive ketones (excluding diaryl/α,β-unsaturated/α-hetero) is 1. The molecule has 0 heterocycles. The smallest absolute Gasteiger partial charge is 0.164 e. The summed E-state index contributed by atoms with van der Waals surface area (Å²) >= 11 is 0. The monoisotopic (exact) mass is 218 g/mol. The van der Waals surface area contributed by atoms with Gasteiger partial charge in [0.25, 0.3) is 0 Å². The first-order valence-electron chi connectivity index (χ1n) is 5.36. The Labute approximate surface area is 96.3 Å². The van der Waals surface area contributed by atoms with Gasteiger partial charge in [0.05, 0.1) is 0 Å². The van der Waals surface area contributed by atoms with Crippen LogP contribution in [-0.4, -0.2) is 18.9 Å². The lowest BCUT2D eigenvalue weighted by molar-refractivity contribution is 0.0983. The lowest BCUT2D eigenvalue weighted by Gasteiger charge is -2.05. The summed E-state index contributed by atoms with van der Waals surface area (Å²) in [5.41, 5.74) is 8.11. The van der Waals surface area contributed by atoms with E-state index in [4.69, 9.17) is 5.73 Å². The molecule has 0 unspecified atom stereocenters. The van der Waals surface area contributed by atoms with E-state index in [0.29, 0.717) is 24.2 Å². The maximum Gasteiger partial charge on any atom is 0.164 e. The molecule has 3 nitrogen and oxygen atoms in total. The molecule has 0 aliphatic rings. The van der Waals surface area contributed by atoms with Gasteiger partial charge in [0.1, 0.15) is 0 Å². The highest BCUT2D eigenvalue weighted by Crippen LogP contribution is 2.14. The maximum absolute atomic E-state index is 11.7. The highest BCUT2D eigenvalue weighted by Gasteiger charge is 2.06. The second-order valence-electron chi connectivity index (χ2n) is 3.74. The number of ketones is 1. The van der Waals surface area contributed by atoms with E-state index in [0.717, 1.165) is 12.1 Å². The van der Waals surface area contributed by atoms with Crippen LogP contribution in [-0.2, 0) is 0 Å². The number of anilines is 1. The summed E-state index contributed by atoms with van der Waals surface area (Å²) in [6.07, 6.45) is 2.25. The Kier molecular flexibility index (Phi) is 4.73. The van der Waals surface area contributed by atoms with Crippen LogP contribution >= 0.6 is 0 Å². The molecule has 0 bridgehead atoms. The van der Waals surface area contributed by atoms with Gasteiger partial charge in [0.2, 0.25) is 0 Å². The van der Waals surface area contributed by atoms with Gasteiger partial charge in [0, 0.05) is 30.8 Å². The van der Waals surface area contributed by atoms with Gasteiger partial charge in [-0.1, -0.05) is 18.2 Å². The molecule has 3 N–H and O–H groups in total. The van der Waals surface area contributed by atoms with Gasteiger partial charge in [-0.2, -0.15) is 0 Å². The number of carbonyl (C=O) groups excluding carboxylic acids is 1. The molecule has 0 fully saturated rings. The van der Waals surface area contributed by atoms with E-state index in [-0.39, 0.29) is 5.78 Å². The highest BCUT2D eigenvalue weighted by molar-refractivity contribution is 5.97. The molecular weight excluding hydrogens is 200 g/mol. The van der Waals surface area contributed by atoms with Gasteiger partial charge in [0.15, 0.2) is 5.78 Å². The summed E-state index contributed by atoms with van der Waals surface area (Å²) in [5.74, 6) is 0.114. The van der Waals surface area contributed by atoms with E-state index in [9.17, 15) is 4.79 Å². The van der Waals surface area contributed by atoms with Crippen LogP contribution < -0.4 is 11.1 Å².